The minimum atomic E-state index is -0.583. The van der Waals surface area contributed by atoms with Gasteiger partial charge in [-0.05, 0) is 30.7 Å². The van der Waals surface area contributed by atoms with Gasteiger partial charge in [0.15, 0.2) is 0 Å². The minimum absolute atomic E-state index is 0.0486. The van der Waals surface area contributed by atoms with E-state index in [-0.39, 0.29) is 33.0 Å². The third-order valence-electron chi connectivity index (χ3n) is 5.30. The number of aldehydes is 1. The van der Waals surface area contributed by atoms with E-state index in [0.29, 0.717) is 30.6 Å². The molecule has 1 amide bonds. The number of hydrogen-bond donors (Lipinski definition) is 0. The Kier molecular flexibility index (Phi) is 11.1. The van der Waals surface area contributed by atoms with Crippen molar-refractivity contribution < 1.29 is 37.7 Å². The maximum Gasteiger partial charge on any atom is 0.336 e. The van der Waals surface area contributed by atoms with Crippen LogP contribution in [0.2, 0.25) is 0 Å². The lowest BCUT2D eigenvalue weighted by Crippen LogP contribution is -2.39. The van der Waals surface area contributed by atoms with E-state index in [9.17, 15) is 19.2 Å². The molecule has 0 aliphatic heterocycles. The lowest BCUT2D eigenvalue weighted by atomic mass is 9.88. The van der Waals surface area contributed by atoms with Gasteiger partial charge in [-0.2, -0.15) is 0 Å². The molecule has 0 N–H and O–H groups in total. The number of benzene rings is 1. The Bertz CT molecular complexity index is 1080. The van der Waals surface area contributed by atoms with Crippen LogP contribution in [0.25, 0.3) is 11.0 Å². The molecule has 1 atom stereocenters. The molecule has 1 aromatic carbocycles. The van der Waals surface area contributed by atoms with Crippen molar-refractivity contribution in [1.29, 1.82) is 0 Å². The maximum absolute atomic E-state index is 12.2. The number of likely N-dealkylation sites (N-methyl/N-ethyl adjacent to an activating group) is 1. The van der Waals surface area contributed by atoms with Gasteiger partial charge in [-0.1, -0.05) is 6.92 Å². The Morgan fingerprint density at radius 2 is 1.89 bits per heavy atom. The summed E-state index contributed by atoms with van der Waals surface area (Å²) in [6, 6.07) is 8.27. The van der Waals surface area contributed by atoms with E-state index in [4.69, 9.17) is 23.4 Å². The van der Waals surface area contributed by atoms with Crippen LogP contribution in [0.3, 0.4) is 0 Å². The first-order valence-corrected chi connectivity index (χ1v) is 11.1. The number of ether oxygens (including phenoxy) is 4. The number of esters is 1. The predicted molar refractivity (Wildman–Crippen MR) is 127 cm³/mol. The van der Waals surface area contributed by atoms with Crippen LogP contribution in [0.4, 0.5) is 0 Å². The second-order valence-electron chi connectivity index (χ2n) is 7.99. The number of rotatable bonds is 15. The number of hydrogen-bond acceptors (Lipinski definition) is 9. The SMILES string of the molecule is CCC(COC)(COCCOc1ccc2ccc(=O)oc2c1)COC(=O)CN(C)C(=O)/C=C\C=O. The average Bonchev–Trinajstić information content (AvgIpc) is 2.85. The summed E-state index contributed by atoms with van der Waals surface area (Å²) in [5, 5.41) is 0.794. The number of amides is 1. The first kappa shape index (κ1) is 27.7. The van der Waals surface area contributed by atoms with E-state index in [1.54, 1.807) is 31.4 Å². The zero-order valence-corrected chi connectivity index (χ0v) is 20.2. The van der Waals surface area contributed by atoms with Crippen LogP contribution in [-0.4, -0.2) is 76.8 Å². The number of carbonyl (C=O) groups is 3. The van der Waals surface area contributed by atoms with Gasteiger partial charge in [0.05, 0.1) is 25.2 Å². The zero-order valence-electron chi connectivity index (χ0n) is 20.2. The van der Waals surface area contributed by atoms with E-state index in [1.165, 1.54) is 13.1 Å². The summed E-state index contributed by atoms with van der Waals surface area (Å²) in [5.41, 5.74) is -0.563. The monoisotopic (exact) mass is 489 g/mol. The fourth-order valence-electron chi connectivity index (χ4n) is 3.17. The Labute approximate surface area is 203 Å². The fraction of sp³-hybridized carbons (Fsp3) is 0.440. The van der Waals surface area contributed by atoms with Crippen molar-refractivity contribution in [3.05, 3.63) is 52.9 Å². The van der Waals surface area contributed by atoms with E-state index < -0.39 is 22.9 Å². The first-order valence-electron chi connectivity index (χ1n) is 11.1. The standard InChI is InChI=1S/C25H31NO9/c1-4-25(16-31-3,18-34-24(30)15-26(2)22(28)6-5-11-27)17-32-12-13-33-20-9-7-19-8-10-23(29)35-21(19)14-20/h5-11,14H,4,12-13,15-18H2,1-3H3/b6-5-. The Balaban J connectivity index is 1.82. The van der Waals surface area contributed by atoms with Crippen LogP contribution in [0.15, 0.2) is 51.7 Å². The molecule has 0 fully saturated rings. The highest BCUT2D eigenvalue weighted by molar-refractivity contribution is 5.92. The van der Waals surface area contributed by atoms with Crippen molar-refractivity contribution in [1.82, 2.24) is 4.90 Å². The Morgan fingerprint density at radius 3 is 2.60 bits per heavy atom. The molecule has 0 spiro atoms. The van der Waals surface area contributed by atoms with E-state index >= 15 is 0 Å². The number of methoxy groups -OCH3 is 1. The molecule has 35 heavy (non-hydrogen) atoms. The second-order valence-corrected chi connectivity index (χ2v) is 7.99. The summed E-state index contributed by atoms with van der Waals surface area (Å²) in [6.45, 7) is 2.83. The normalized spacial score (nSPS) is 12.9. The van der Waals surface area contributed by atoms with Crippen molar-refractivity contribution in [2.45, 2.75) is 13.3 Å². The highest BCUT2D eigenvalue weighted by atomic mass is 16.5. The highest BCUT2D eigenvalue weighted by Gasteiger charge is 2.31. The summed E-state index contributed by atoms with van der Waals surface area (Å²) >= 11 is 0. The number of fused-ring (bicyclic) bond motifs is 1. The van der Waals surface area contributed by atoms with Gasteiger partial charge in [-0.3, -0.25) is 14.4 Å². The first-order chi connectivity index (χ1) is 16.8. The van der Waals surface area contributed by atoms with Gasteiger partial charge in [-0.15, -0.1) is 0 Å². The molecule has 0 aliphatic rings. The molecule has 0 bridgehead atoms. The lowest BCUT2D eigenvalue weighted by molar-refractivity contribution is -0.154. The van der Waals surface area contributed by atoms with Crippen molar-refractivity contribution >= 4 is 29.1 Å². The van der Waals surface area contributed by atoms with Gasteiger partial charge in [-0.25, -0.2) is 4.79 Å². The summed E-state index contributed by atoms with van der Waals surface area (Å²) in [6.07, 6.45) is 3.24. The van der Waals surface area contributed by atoms with Gasteiger partial charge in [0.25, 0.3) is 0 Å². The third kappa shape index (κ3) is 8.99. The largest absolute Gasteiger partial charge is 0.491 e. The molecule has 0 saturated heterocycles. The average molecular weight is 490 g/mol. The van der Waals surface area contributed by atoms with Crippen LogP contribution in [0, 0.1) is 5.41 Å². The zero-order chi connectivity index (χ0) is 25.7. The van der Waals surface area contributed by atoms with Crippen LogP contribution >= 0.6 is 0 Å². The van der Waals surface area contributed by atoms with Gasteiger partial charge in [0, 0.05) is 37.8 Å². The van der Waals surface area contributed by atoms with Gasteiger partial charge in [0.2, 0.25) is 5.91 Å². The molecule has 0 saturated carbocycles. The Morgan fingerprint density at radius 1 is 1.11 bits per heavy atom. The van der Waals surface area contributed by atoms with Crippen LogP contribution in [-0.2, 0) is 28.6 Å². The molecule has 1 aromatic heterocycles. The molecule has 2 aromatic rings. The molecule has 1 unspecified atom stereocenters. The summed E-state index contributed by atoms with van der Waals surface area (Å²) in [4.78, 5) is 46.9. The van der Waals surface area contributed by atoms with E-state index in [2.05, 4.69) is 0 Å². The predicted octanol–water partition coefficient (Wildman–Crippen LogP) is 1.99. The number of carbonyl (C=O) groups excluding carboxylic acids is 3. The highest BCUT2D eigenvalue weighted by Crippen LogP contribution is 2.24. The lowest BCUT2D eigenvalue weighted by Gasteiger charge is -2.31. The molecule has 10 nitrogen and oxygen atoms in total. The maximum atomic E-state index is 12.2. The molecule has 10 heteroatoms. The van der Waals surface area contributed by atoms with Gasteiger partial charge >= 0.3 is 11.6 Å². The Hall–Kier alpha value is -3.50. The smallest absolute Gasteiger partial charge is 0.336 e. The fourth-order valence-corrected chi connectivity index (χ4v) is 3.17. The molecule has 190 valence electrons. The molecular formula is C25H31NO9. The molecule has 0 aliphatic carbocycles. The van der Waals surface area contributed by atoms with Gasteiger partial charge < -0.3 is 28.3 Å². The molecule has 0 radical (unpaired) electrons. The van der Waals surface area contributed by atoms with Crippen LogP contribution in [0.1, 0.15) is 13.3 Å². The van der Waals surface area contributed by atoms with Crippen LogP contribution < -0.4 is 10.4 Å². The molecule has 1 heterocycles. The van der Waals surface area contributed by atoms with Crippen LogP contribution in [0.5, 0.6) is 5.75 Å². The van der Waals surface area contributed by atoms with Crippen molar-refractivity contribution in [3.63, 3.8) is 0 Å². The van der Waals surface area contributed by atoms with Crippen molar-refractivity contribution in [2.24, 2.45) is 5.41 Å². The minimum Gasteiger partial charge on any atom is -0.491 e. The van der Waals surface area contributed by atoms with E-state index in [0.717, 1.165) is 22.4 Å². The van der Waals surface area contributed by atoms with E-state index in [1.807, 2.05) is 6.92 Å². The summed E-state index contributed by atoms with van der Waals surface area (Å²) < 4.78 is 27.4. The third-order valence-corrected chi connectivity index (χ3v) is 5.30. The number of allylic oxidation sites excluding steroid dienone is 1. The summed E-state index contributed by atoms with van der Waals surface area (Å²) in [5.74, 6) is -0.519. The molecular weight excluding hydrogens is 458 g/mol. The van der Waals surface area contributed by atoms with Crippen molar-refractivity contribution in [2.75, 3.05) is 53.7 Å². The topological polar surface area (TPSA) is 122 Å². The molecule has 2 rings (SSSR count). The number of nitrogens with zero attached hydrogens (tertiary/aromatic N) is 1. The summed E-state index contributed by atoms with van der Waals surface area (Å²) in [7, 11) is 2.99. The second kappa shape index (κ2) is 14.0. The van der Waals surface area contributed by atoms with Gasteiger partial charge in [0.1, 0.15) is 37.4 Å². The quantitative estimate of drug-likeness (QED) is 0.122. The van der Waals surface area contributed by atoms with Crippen molar-refractivity contribution in [3.8, 4) is 5.75 Å².